The van der Waals surface area contributed by atoms with Crippen molar-refractivity contribution in [3.05, 3.63) is 35.3 Å². The third-order valence-corrected chi connectivity index (χ3v) is 6.39. The minimum Gasteiger partial charge on any atom is -0.360 e. The molecule has 3 aromatic heterocycles. The van der Waals surface area contributed by atoms with E-state index in [2.05, 4.69) is 35.7 Å². The maximum atomic E-state index is 13.5. The van der Waals surface area contributed by atoms with Crippen molar-refractivity contribution in [2.24, 2.45) is 0 Å². The van der Waals surface area contributed by atoms with Crippen molar-refractivity contribution in [2.45, 2.75) is 85.0 Å². The van der Waals surface area contributed by atoms with Gasteiger partial charge in [0.2, 0.25) is 11.8 Å². The van der Waals surface area contributed by atoms with Crippen LogP contribution in [-0.2, 0) is 22.6 Å². The summed E-state index contributed by atoms with van der Waals surface area (Å²) in [6, 6.07) is 2.09. The standard InChI is InChI=1S/C23H32N8O4/c1-6-17(22(32)24-19-10-13(3)34-28-19)31(16-8-9-21-27-26-15(5)30(21)12-16)18(7-2)23(33)25-20-11-14(4)35-29-20/h10-11,16-18H,6-9,12H2,1-5H3,(H,24,28,32)(H,25,29,33)/t16-,17-,18-/m1/s1. The molecule has 12 heteroatoms. The van der Waals surface area contributed by atoms with Crippen LogP contribution in [0.1, 0.15) is 56.3 Å². The number of carbonyl (C=O) groups excluding carboxylic acids is 2. The van der Waals surface area contributed by atoms with E-state index in [1.165, 1.54) is 0 Å². The second-order valence-corrected chi connectivity index (χ2v) is 8.89. The summed E-state index contributed by atoms with van der Waals surface area (Å²) in [5, 5.41) is 22.0. The zero-order chi connectivity index (χ0) is 25.1. The van der Waals surface area contributed by atoms with Crippen LogP contribution in [0.2, 0.25) is 0 Å². The highest BCUT2D eigenvalue weighted by Crippen LogP contribution is 2.27. The van der Waals surface area contributed by atoms with Gasteiger partial charge in [-0.05, 0) is 40.0 Å². The van der Waals surface area contributed by atoms with Crippen LogP contribution < -0.4 is 10.6 Å². The molecule has 3 atom stereocenters. The molecule has 0 saturated carbocycles. The number of nitrogens with one attached hydrogen (secondary N) is 2. The first kappa shape index (κ1) is 24.6. The topological polar surface area (TPSA) is 144 Å². The lowest BCUT2D eigenvalue weighted by Gasteiger charge is -2.43. The fraction of sp³-hybridized carbons (Fsp3) is 0.565. The van der Waals surface area contributed by atoms with Gasteiger partial charge < -0.3 is 24.2 Å². The molecular weight excluding hydrogens is 452 g/mol. The molecule has 2 N–H and O–H groups in total. The van der Waals surface area contributed by atoms with Gasteiger partial charge in [-0.2, -0.15) is 0 Å². The molecule has 0 unspecified atom stereocenters. The van der Waals surface area contributed by atoms with E-state index in [4.69, 9.17) is 9.05 Å². The molecule has 0 radical (unpaired) electrons. The van der Waals surface area contributed by atoms with E-state index in [0.717, 1.165) is 18.1 Å². The second kappa shape index (κ2) is 10.4. The number of aromatic nitrogens is 5. The molecule has 0 aromatic carbocycles. The van der Waals surface area contributed by atoms with Crippen LogP contribution in [0.4, 0.5) is 11.6 Å². The number of rotatable bonds is 9. The SMILES string of the molecule is CC[C@H](C(=O)Nc1cc(C)on1)N([C@@H]1CCc2nnc(C)n2C1)[C@H](CC)C(=O)Nc1cc(C)on1. The first-order chi connectivity index (χ1) is 16.8. The number of aryl methyl sites for hydroxylation is 4. The Morgan fingerprint density at radius 3 is 2.00 bits per heavy atom. The van der Waals surface area contributed by atoms with E-state index in [1.807, 2.05) is 25.7 Å². The molecule has 0 fully saturated rings. The molecule has 0 saturated heterocycles. The van der Waals surface area contributed by atoms with Crippen molar-refractivity contribution in [3.63, 3.8) is 0 Å². The summed E-state index contributed by atoms with van der Waals surface area (Å²) in [6.07, 6.45) is 2.46. The molecule has 35 heavy (non-hydrogen) atoms. The zero-order valence-electron chi connectivity index (χ0n) is 20.7. The van der Waals surface area contributed by atoms with Gasteiger partial charge in [-0.15, -0.1) is 10.2 Å². The number of amides is 2. The van der Waals surface area contributed by atoms with E-state index in [0.29, 0.717) is 49.0 Å². The zero-order valence-corrected chi connectivity index (χ0v) is 20.7. The van der Waals surface area contributed by atoms with Crippen LogP contribution in [0.3, 0.4) is 0 Å². The third-order valence-electron chi connectivity index (χ3n) is 6.39. The van der Waals surface area contributed by atoms with Crippen LogP contribution in [0, 0.1) is 20.8 Å². The van der Waals surface area contributed by atoms with Gasteiger partial charge in [0, 0.05) is 31.1 Å². The van der Waals surface area contributed by atoms with Crippen molar-refractivity contribution in [3.8, 4) is 0 Å². The molecule has 1 aliphatic rings. The smallest absolute Gasteiger partial charge is 0.242 e. The van der Waals surface area contributed by atoms with Gasteiger partial charge in [0.1, 0.15) is 23.2 Å². The predicted octanol–water partition coefficient (Wildman–Crippen LogP) is 2.63. The highest BCUT2D eigenvalue weighted by Gasteiger charge is 2.40. The Labute approximate surface area is 203 Å². The van der Waals surface area contributed by atoms with Crippen molar-refractivity contribution in [1.29, 1.82) is 0 Å². The number of hydrogen-bond acceptors (Lipinski definition) is 9. The van der Waals surface area contributed by atoms with Gasteiger partial charge in [-0.25, -0.2) is 0 Å². The number of hydrogen-bond donors (Lipinski definition) is 2. The lowest BCUT2D eigenvalue weighted by molar-refractivity contribution is -0.130. The molecule has 1 aliphatic heterocycles. The Kier molecular flexibility index (Phi) is 7.29. The largest absolute Gasteiger partial charge is 0.360 e. The number of anilines is 2. The summed E-state index contributed by atoms with van der Waals surface area (Å²) in [5.74, 6) is 3.15. The van der Waals surface area contributed by atoms with Crippen molar-refractivity contribution in [2.75, 3.05) is 10.6 Å². The molecule has 4 rings (SSSR count). The van der Waals surface area contributed by atoms with E-state index in [1.54, 1.807) is 26.0 Å². The molecule has 0 bridgehead atoms. The van der Waals surface area contributed by atoms with Crippen LogP contribution >= 0.6 is 0 Å². The normalized spacial score (nSPS) is 17.1. The molecule has 4 heterocycles. The summed E-state index contributed by atoms with van der Waals surface area (Å²) in [7, 11) is 0. The van der Waals surface area contributed by atoms with Crippen molar-refractivity contribution >= 4 is 23.5 Å². The molecule has 12 nitrogen and oxygen atoms in total. The highest BCUT2D eigenvalue weighted by atomic mass is 16.5. The Morgan fingerprint density at radius 2 is 1.54 bits per heavy atom. The molecule has 188 valence electrons. The molecule has 2 amide bonds. The van der Waals surface area contributed by atoms with Gasteiger partial charge in [-0.3, -0.25) is 14.5 Å². The molecule has 0 aliphatic carbocycles. The number of nitrogens with zero attached hydrogens (tertiary/aromatic N) is 6. The predicted molar refractivity (Wildman–Crippen MR) is 127 cm³/mol. The fourth-order valence-electron chi connectivity index (χ4n) is 4.75. The van der Waals surface area contributed by atoms with Crippen LogP contribution in [0.25, 0.3) is 0 Å². The Morgan fingerprint density at radius 1 is 1.00 bits per heavy atom. The van der Waals surface area contributed by atoms with E-state index in [9.17, 15) is 9.59 Å². The summed E-state index contributed by atoms with van der Waals surface area (Å²) >= 11 is 0. The maximum Gasteiger partial charge on any atom is 0.242 e. The van der Waals surface area contributed by atoms with Crippen LogP contribution in [0.5, 0.6) is 0 Å². The minimum atomic E-state index is -0.579. The lowest BCUT2D eigenvalue weighted by Crippen LogP contribution is -2.59. The Hall–Kier alpha value is -3.54. The lowest BCUT2D eigenvalue weighted by atomic mass is 9.97. The average Bonchev–Trinajstić information content (AvgIpc) is 3.54. The maximum absolute atomic E-state index is 13.5. The summed E-state index contributed by atoms with van der Waals surface area (Å²) in [6.45, 7) is 9.90. The number of carbonyl (C=O) groups is 2. The summed E-state index contributed by atoms with van der Waals surface area (Å²) in [4.78, 5) is 29.0. The minimum absolute atomic E-state index is 0.0818. The highest BCUT2D eigenvalue weighted by molar-refractivity contribution is 5.97. The molecule has 3 aromatic rings. The Bertz CT molecular complexity index is 1120. The fourth-order valence-corrected chi connectivity index (χ4v) is 4.75. The summed E-state index contributed by atoms with van der Waals surface area (Å²) in [5.41, 5.74) is 0. The van der Waals surface area contributed by atoms with Crippen LogP contribution in [0.15, 0.2) is 21.2 Å². The number of fused-ring (bicyclic) bond motifs is 1. The van der Waals surface area contributed by atoms with Gasteiger partial charge in [0.05, 0.1) is 12.1 Å². The van der Waals surface area contributed by atoms with E-state index >= 15 is 0 Å². The first-order valence-electron chi connectivity index (χ1n) is 11.9. The average molecular weight is 485 g/mol. The molecule has 0 spiro atoms. The third kappa shape index (κ3) is 5.26. The monoisotopic (exact) mass is 484 g/mol. The quantitative estimate of drug-likeness (QED) is 0.468. The van der Waals surface area contributed by atoms with Gasteiger partial charge in [0.25, 0.3) is 0 Å². The van der Waals surface area contributed by atoms with Crippen molar-refractivity contribution < 1.29 is 18.6 Å². The Balaban J connectivity index is 1.65. The summed E-state index contributed by atoms with van der Waals surface area (Å²) < 4.78 is 12.3. The second-order valence-electron chi connectivity index (χ2n) is 8.89. The van der Waals surface area contributed by atoms with E-state index in [-0.39, 0.29) is 17.9 Å². The van der Waals surface area contributed by atoms with Crippen molar-refractivity contribution in [1.82, 2.24) is 30.0 Å². The van der Waals surface area contributed by atoms with Gasteiger partial charge in [0.15, 0.2) is 11.6 Å². The first-order valence-corrected chi connectivity index (χ1v) is 11.9. The molecular formula is C23H32N8O4. The van der Waals surface area contributed by atoms with E-state index < -0.39 is 12.1 Å². The van der Waals surface area contributed by atoms with Gasteiger partial charge in [-0.1, -0.05) is 24.2 Å². The van der Waals surface area contributed by atoms with Crippen LogP contribution in [-0.4, -0.2) is 59.9 Å². The van der Waals surface area contributed by atoms with Gasteiger partial charge >= 0.3 is 0 Å².